The fourth-order valence-corrected chi connectivity index (χ4v) is 4.40. The zero-order valence-corrected chi connectivity index (χ0v) is 18.1. The predicted molar refractivity (Wildman–Crippen MR) is 117 cm³/mol. The number of carbonyl (C=O) groups is 2. The summed E-state index contributed by atoms with van der Waals surface area (Å²) in [5.41, 5.74) is 1.05. The molecule has 2 aliphatic rings. The van der Waals surface area contributed by atoms with Crippen molar-refractivity contribution < 1.29 is 19.1 Å². The maximum absolute atomic E-state index is 14.6. The van der Waals surface area contributed by atoms with Gasteiger partial charge in [0.25, 0.3) is 5.91 Å². The Bertz CT molecular complexity index is 993. The van der Waals surface area contributed by atoms with E-state index in [0.717, 1.165) is 31.9 Å². The van der Waals surface area contributed by atoms with Gasteiger partial charge >= 0.3 is 0 Å². The van der Waals surface area contributed by atoms with Gasteiger partial charge in [0.05, 0.1) is 12.3 Å². The van der Waals surface area contributed by atoms with Gasteiger partial charge < -0.3 is 20.6 Å². The van der Waals surface area contributed by atoms with Crippen molar-refractivity contribution in [3.63, 3.8) is 0 Å². The Labute approximate surface area is 186 Å². The first-order chi connectivity index (χ1) is 15.4. The van der Waals surface area contributed by atoms with Crippen LogP contribution in [-0.2, 0) is 4.79 Å². The molecule has 2 amide bonds. The Morgan fingerprint density at radius 3 is 2.59 bits per heavy atom. The van der Waals surface area contributed by atoms with Gasteiger partial charge in [0.1, 0.15) is 5.69 Å². The number of aliphatic hydroxyl groups is 1. The standard InChI is InChI=1S/C23H28FN5O3/c1-14(30)26-17-5-7-18(8-6-17)27-23-25-12-20(24)21(28-23)15-3-2-4-16(11-15)22(32)29-10-9-19(31)13-29/h2-4,11-12,17-19,31H,5-10,13H2,1H3,(H,26,30)(H,25,27,28)/t17-,18-,19-/m0/s1. The molecule has 1 aromatic carbocycles. The van der Waals surface area contributed by atoms with Gasteiger partial charge in [-0.25, -0.2) is 14.4 Å². The third-order valence-electron chi connectivity index (χ3n) is 6.05. The van der Waals surface area contributed by atoms with Crippen molar-refractivity contribution in [2.75, 3.05) is 18.4 Å². The normalized spacial score (nSPS) is 23.1. The topological polar surface area (TPSA) is 107 Å². The van der Waals surface area contributed by atoms with Crippen molar-refractivity contribution >= 4 is 17.8 Å². The summed E-state index contributed by atoms with van der Waals surface area (Å²) >= 11 is 0. The second-order valence-corrected chi connectivity index (χ2v) is 8.56. The number of amides is 2. The van der Waals surface area contributed by atoms with E-state index in [1.165, 1.54) is 6.92 Å². The maximum atomic E-state index is 14.6. The Balaban J connectivity index is 1.46. The van der Waals surface area contributed by atoms with E-state index >= 15 is 0 Å². The second-order valence-electron chi connectivity index (χ2n) is 8.56. The zero-order chi connectivity index (χ0) is 22.7. The molecule has 170 valence electrons. The van der Waals surface area contributed by atoms with E-state index in [1.54, 1.807) is 29.2 Å². The van der Waals surface area contributed by atoms with Crippen LogP contribution in [0.1, 0.15) is 49.4 Å². The molecule has 32 heavy (non-hydrogen) atoms. The quantitative estimate of drug-likeness (QED) is 0.658. The van der Waals surface area contributed by atoms with Gasteiger partial charge in [-0.05, 0) is 44.2 Å². The van der Waals surface area contributed by atoms with Crippen molar-refractivity contribution in [1.29, 1.82) is 0 Å². The number of anilines is 1. The molecule has 2 fully saturated rings. The molecular weight excluding hydrogens is 413 g/mol. The molecule has 1 atom stereocenters. The van der Waals surface area contributed by atoms with Gasteiger partial charge in [0, 0.05) is 43.2 Å². The molecule has 3 N–H and O–H groups in total. The maximum Gasteiger partial charge on any atom is 0.253 e. The number of nitrogens with one attached hydrogen (secondary N) is 2. The fraction of sp³-hybridized carbons (Fsp3) is 0.478. The van der Waals surface area contributed by atoms with Crippen LogP contribution in [0.2, 0.25) is 0 Å². The van der Waals surface area contributed by atoms with Crippen LogP contribution < -0.4 is 10.6 Å². The van der Waals surface area contributed by atoms with E-state index in [-0.39, 0.29) is 29.6 Å². The summed E-state index contributed by atoms with van der Waals surface area (Å²) in [6.07, 6.45) is 4.64. The minimum Gasteiger partial charge on any atom is -0.391 e. The first kappa shape index (κ1) is 22.1. The molecule has 1 aliphatic heterocycles. The van der Waals surface area contributed by atoms with E-state index < -0.39 is 11.9 Å². The molecule has 0 bridgehead atoms. The van der Waals surface area contributed by atoms with E-state index in [0.29, 0.717) is 36.6 Å². The number of likely N-dealkylation sites (tertiary alicyclic amines) is 1. The Morgan fingerprint density at radius 1 is 1.16 bits per heavy atom. The largest absolute Gasteiger partial charge is 0.391 e. The lowest BCUT2D eigenvalue weighted by Crippen LogP contribution is -2.39. The summed E-state index contributed by atoms with van der Waals surface area (Å²) in [6, 6.07) is 7.06. The molecule has 1 aromatic heterocycles. The van der Waals surface area contributed by atoms with Crippen molar-refractivity contribution in [3.8, 4) is 11.3 Å². The monoisotopic (exact) mass is 441 g/mol. The van der Waals surface area contributed by atoms with Crippen LogP contribution in [-0.4, -0.2) is 63.1 Å². The molecule has 1 aliphatic carbocycles. The van der Waals surface area contributed by atoms with E-state index in [2.05, 4.69) is 20.6 Å². The smallest absolute Gasteiger partial charge is 0.253 e. The highest BCUT2D eigenvalue weighted by Gasteiger charge is 2.26. The average Bonchev–Trinajstić information content (AvgIpc) is 3.22. The summed E-state index contributed by atoms with van der Waals surface area (Å²) in [4.78, 5) is 34.0. The van der Waals surface area contributed by atoms with Gasteiger partial charge in [0.2, 0.25) is 11.9 Å². The summed E-state index contributed by atoms with van der Waals surface area (Å²) < 4.78 is 14.6. The van der Waals surface area contributed by atoms with Crippen LogP contribution in [0.4, 0.5) is 10.3 Å². The van der Waals surface area contributed by atoms with Crippen LogP contribution in [0, 0.1) is 5.82 Å². The molecule has 9 heteroatoms. The van der Waals surface area contributed by atoms with Gasteiger partial charge in [-0.2, -0.15) is 0 Å². The lowest BCUT2D eigenvalue weighted by atomic mass is 9.91. The summed E-state index contributed by atoms with van der Waals surface area (Å²) in [6.45, 7) is 2.34. The third-order valence-corrected chi connectivity index (χ3v) is 6.05. The Hall–Kier alpha value is -3.07. The molecule has 0 radical (unpaired) electrons. The number of hydrogen-bond acceptors (Lipinski definition) is 6. The predicted octanol–water partition coefficient (Wildman–Crippen LogP) is 2.35. The Kier molecular flexibility index (Phi) is 6.64. The number of carbonyl (C=O) groups excluding carboxylic acids is 2. The summed E-state index contributed by atoms with van der Waals surface area (Å²) in [7, 11) is 0. The number of nitrogens with zero attached hydrogens (tertiary/aromatic N) is 3. The van der Waals surface area contributed by atoms with Gasteiger partial charge in [-0.1, -0.05) is 12.1 Å². The molecule has 1 saturated heterocycles. The highest BCUT2D eigenvalue weighted by Crippen LogP contribution is 2.26. The second kappa shape index (κ2) is 9.60. The molecule has 0 spiro atoms. The first-order valence-electron chi connectivity index (χ1n) is 11.0. The summed E-state index contributed by atoms with van der Waals surface area (Å²) in [5.74, 6) is -0.434. The van der Waals surface area contributed by atoms with E-state index in [1.807, 2.05) is 0 Å². The number of aliphatic hydroxyl groups excluding tert-OH is 1. The van der Waals surface area contributed by atoms with Gasteiger partial charge in [0.15, 0.2) is 5.82 Å². The van der Waals surface area contributed by atoms with Gasteiger partial charge in [-0.15, -0.1) is 0 Å². The zero-order valence-electron chi connectivity index (χ0n) is 18.1. The molecule has 0 unspecified atom stereocenters. The minimum absolute atomic E-state index is 0.0189. The SMILES string of the molecule is CC(=O)N[C@H]1CC[C@H](Nc2ncc(F)c(-c3cccc(C(=O)N4CC[C@H](O)C4)c3)n2)CC1. The van der Waals surface area contributed by atoms with Crippen molar-refractivity contribution in [2.45, 2.75) is 57.2 Å². The van der Waals surface area contributed by atoms with E-state index in [9.17, 15) is 19.1 Å². The minimum atomic E-state index is -0.564. The number of hydrogen-bond donors (Lipinski definition) is 3. The molecule has 2 heterocycles. The lowest BCUT2D eigenvalue weighted by Gasteiger charge is -2.29. The van der Waals surface area contributed by atoms with Crippen LogP contribution in [0.5, 0.6) is 0 Å². The van der Waals surface area contributed by atoms with Crippen LogP contribution >= 0.6 is 0 Å². The molecular formula is C23H28FN5O3. The lowest BCUT2D eigenvalue weighted by molar-refractivity contribution is -0.119. The first-order valence-corrected chi connectivity index (χ1v) is 11.0. The van der Waals surface area contributed by atoms with Crippen molar-refractivity contribution in [3.05, 3.63) is 41.8 Å². The summed E-state index contributed by atoms with van der Waals surface area (Å²) in [5, 5.41) is 15.9. The number of benzene rings is 1. The highest BCUT2D eigenvalue weighted by atomic mass is 19.1. The van der Waals surface area contributed by atoms with Crippen LogP contribution in [0.15, 0.2) is 30.5 Å². The molecule has 8 nitrogen and oxygen atoms in total. The van der Waals surface area contributed by atoms with Gasteiger partial charge in [-0.3, -0.25) is 9.59 Å². The number of β-amino-alcohol motifs (C(OH)–C–C–N with tert-alkyl or cyclic N) is 1. The fourth-order valence-electron chi connectivity index (χ4n) is 4.40. The molecule has 1 saturated carbocycles. The van der Waals surface area contributed by atoms with Crippen LogP contribution in [0.25, 0.3) is 11.3 Å². The number of halogens is 1. The Morgan fingerprint density at radius 2 is 1.91 bits per heavy atom. The number of rotatable bonds is 5. The average molecular weight is 442 g/mol. The number of aromatic nitrogens is 2. The highest BCUT2D eigenvalue weighted by molar-refractivity contribution is 5.95. The van der Waals surface area contributed by atoms with Crippen LogP contribution in [0.3, 0.4) is 0 Å². The van der Waals surface area contributed by atoms with Crippen molar-refractivity contribution in [2.24, 2.45) is 0 Å². The molecule has 2 aromatic rings. The van der Waals surface area contributed by atoms with E-state index in [4.69, 9.17) is 0 Å². The third kappa shape index (κ3) is 5.21. The van der Waals surface area contributed by atoms with Crippen molar-refractivity contribution in [1.82, 2.24) is 20.2 Å². The molecule has 4 rings (SSSR count).